The number of benzene rings is 1. The first kappa shape index (κ1) is 27.4. The van der Waals surface area contributed by atoms with Gasteiger partial charge in [-0.2, -0.15) is 5.10 Å². The Balaban J connectivity index is 1.44. The molecule has 0 radical (unpaired) electrons. The molecular weight excluding hydrogens is 518 g/mol. The van der Waals surface area contributed by atoms with Gasteiger partial charge in [-0.15, -0.1) is 0 Å². The van der Waals surface area contributed by atoms with Crippen molar-refractivity contribution in [2.45, 2.75) is 44.2 Å². The van der Waals surface area contributed by atoms with E-state index >= 15 is 0 Å². The third kappa shape index (κ3) is 5.08. The van der Waals surface area contributed by atoms with E-state index in [0.717, 1.165) is 29.7 Å². The number of fused-ring (bicyclic) bond motifs is 1. The maximum absolute atomic E-state index is 14.8. The second-order valence-corrected chi connectivity index (χ2v) is 10.3. The number of halogens is 2. The van der Waals surface area contributed by atoms with Gasteiger partial charge in [-0.05, 0) is 54.0 Å². The van der Waals surface area contributed by atoms with Gasteiger partial charge in [0, 0.05) is 44.0 Å². The van der Waals surface area contributed by atoms with Crippen molar-refractivity contribution in [2.75, 3.05) is 21.3 Å². The molecule has 4 aromatic rings. The molecule has 11 heteroatoms. The molecule has 0 aliphatic heterocycles. The van der Waals surface area contributed by atoms with E-state index in [-0.39, 0.29) is 40.9 Å². The molecule has 3 heterocycles. The smallest absolute Gasteiger partial charge is 0.409 e. The Bertz CT molecular complexity index is 1510. The van der Waals surface area contributed by atoms with E-state index in [1.165, 1.54) is 14.2 Å². The summed E-state index contributed by atoms with van der Waals surface area (Å²) < 4.78 is 41.1. The molecule has 40 heavy (non-hydrogen) atoms. The Kier molecular flexibility index (Phi) is 7.66. The minimum absolute atomic E-state index is 0.0901. The molecule has 1 fully saturated rings. The van der Waals surface area contributed by atoms with E-state index in [1.807, 2.05) is 12.3 Å². The number of hydrogen-bond acceptors (Lipinski definition) is 7. The van der Waals surface area contributed by atoms with Crippen LogP contribution in [0.2, 0.25) is 0 Å². The number of methoxy groups -OCH3 is 2. The number of rotatable bonds is 6. The molecule has 5 rings (SSSR count). The number of likely N-dealkylation sites (N-methyl/N-ethyl adjacent to an activating group) is 1. The van der Waals surface area contributed by atoms with E-state index in [9.17, 15) is 13.6 Å². The van der Waals surface area contributed by atoms with Crippen LogP contribution in [0, 0.1) is 17.6 Å². The lowest BCUT2D eigenvalue weighted by Crippen LogP contribution is -2.55. The molecule has 1 aromatic carbocycles. The number of pyridine rings is 1. The van der Waals surface area contributed by atoms with Crippen molar-refractivity contribution in [2.24, 2.45) is 11.7 Å². The van der Waals surface area contributed by atoms with Crippen LogP contribution in [0.25, 0.3) is 16.8 Å². The highest BCUT2D eigenvalue weighted by Gasteiger charge is 2.39. The predicted molar refractivity (Wildman–Crippen MR) is 145 cm³/mol. The number of imidazole rings is 1. The first-order valence-electron chi connectivity index (χ1n) is 13.1. The fraction of sp³-hybridized carbons (Fsp3) is 0.379. The minimum atomic E-state index is -0.765. The highest BCUT2D eigenvalue weighted by atomic mass is 19.1. The number of carbonyl (C=O) groups is 1. The Labute approximate surface area is 230 Å². The van der Waals surface area contributed by atoms with Gasteiger partial charge in [0.2, 0.25) is 0 Å². The van der Waals surface area contributed by atoms with E-state index in [2.05, 4.69) is 22.0 Å². The zero-order valence-corrected chi connectivity index (χ0v) is 22.8. The normalized spacial score (nSPS) is 20.9. The molecule has 1 aliphatic rings. The lowest BCUT2D eigenvalue weighted by Gasteiger charge is -2.43. The fourth-order valence-electron chi connectivity index (χ4n) is 6.02. The molecule has 2 N–H and O–H groups in total. The number of carbonyl (C=O) groups excluding carboxylic acids is 1. The quantitative estimate of drug-likeness (QED) is 0.375. The highest BCUT2D eigenvalue weighted by Crippen LogP contribution is 2.39. The van der Waals surface area contributed by atoms with Crippen molar-refractivity contribution < 1.29 is 23.0 Å². The summed E-state index contributed by atoms with van der Waals surface area (Å²) in [5, 5.41) is 4.54. The average Bonchev–Trinajstić information content (AvgIpc) is 3.33. The van der Waals surface area contributed by atoms with Crippen LogP contribution in [0.15, 0.2) is 48.9 Å². The third-order valence-corrected chi connectivity index (χ3v) is 7.84. The maximum Gasteiger partial charge on any atom is 0.409 e. The predicted octanol–water partition coefficient (Wildman–Crippen LogP) is 4.58. The number of nitrogens with zero attached hydrogens (tertiary/aromatic N) is 5. The number of ether oxygens (including phenoxy) is 2. The zero-order valence-electron chi connectivity index (χ0n) is 22.8. The van der Waals surface area contributed by atoms with Crippen molar-refractivity contribution >= 4 is 11.6 Å². The van der Waals surface area contributed by atoms with Gasteiger partial charge in [-0.3, -0.25) is 4.98 Å². The lowest BCUT2D eigenvalue weighted by molar-refractivity contribution is 0.0777. The second-order valence-electron chi connectivity index (χ2n) is 10.3. The van der Waals surface area contributed by atoms with Crippen LogP contribution in [0.4, 0.5) is 13.6 Å². The number of aromatic nitrogens is 4. The van der Waals surface area contributed by atoms with Crippen molar-refractivity contribution in [3.8, 4) is 17.0 Å². The van der Waals surface area contributed by atoms with Crippen molar-refractivity contribution in [1.29, 1.82) is 0 Å². The van der Waals surface area contributed by atoms with Crippen LogP contribution >= 0.6 is 0 Å². The summed E-state index contributed by atoms with van der Waals surface area (Å²) in [6, 6.07) is 7.19. The van der Waals surface area contributed by atoms with Gasteiger partial charge < -0.3 is 20.1 Å². The molecule has 1 aliphatic carbocycles. The summed E-state index contributed by atoms with van der Waals surface area (Å²) in [6.07, 6.45) is 6.78. The van der Waals surface area contributed by atoms with Crippen LogP contribution in [0.1, 0.15) is 42.6 Å². The van der Waals surface area contributed by atoms with Crippen molar-refractivity contribution in [3.63, 3.8) is 0 Å². The Morgan fingerprint density at radius 3 is 2.58 bits per heavy atom. The largest absolute Gasteiger partial charge is 0.497 e. The van der Waals surface area contributed by atoms with Gasteiger partial charge in [-0.25, -0.2) is 23.1 Å². The van der Waals surface area contributed by atoms with E-state index in [4.69, 9.17) is 15.2 Å². The van der Waals surface area contributed by atoms with Crippen LogP contribution in [-0.4, -0.2) is 63.9 Å². The standard InChI is InChI=1S/C29H32F2N6O3/c1-16-9-17(10-24(32)28(16)36(2)29(38)40-4)21-7-8-33-14-18(21)11-26-34-15-19-5-6-25(35-37(19)26)27-22(30)12-20(39-3)13-23(27)31/h5-8,12-17,24,28H,9-11,32H2,1-4H3/t16-,17+,24+,28-/m0/s1. The summed E-state index contributed by atoms with van der Waals surface area (Å²) in [7, 11) is 4.44. The molecule has 0 spiro atoms. The number of amides is 1. The first-order valence-corrected chi connectivity index (χ1v) is 13.1. The molecule has 4 atom stereocenters. The van der Waals surface area contributed by atoms with Crippen LogP contribution < -0.4 is 10.5 Å². The second kappa shape index (κ2) is 11.2. The molecule has 0 bridgehead atoms. The van der Waals surface area contributed by atoms with Gasteiger partial charge >= 0.3 is 6.09 Å². The molecule has 1 amide bonds. The summed E-state index contributed by atoms with van der Waals surface area (Å²) in [6.45, 7) is 2.10. The van der Waals surface area contributed by atoms with E-state index in [0.29, 0.717) is 24.2 Å². The molecule has 210 valence electrons. The first-order chi connectivity index (χ1) is 19.2. The third-order valence-electron chi connectivity index (χ3n) is 7.84. The van der Waals surface area contributed by atoms with Crippen molar-refractivity contribution in [1.82, 2.24) is 24.5 Å². The summed E-state index contributed by atoms with van der Waals surface area (Å²) in [5.74, 6) is -0.533. The molecule has 1 saturated carbocycles. The van der Waals surface area contributed by atoms with Crippen LogP contribution in [-0.2, 0) is 11.2 Å². The van der Waals surface area contributed by atoms with Crippen LogP contribution in [0.5, 0.6) is 5.75 Å². The zero-order chi connectivity index (χ0) is 28.6. The highest BCUT2D eigenvalue weighted by molar-refractivity contribution is 5.67. The SMILES string of the molecule is COC(=O)N(C)[C@@H]1[C@H](N)C[C@H](c2ccncc2Cc2ncc3ccc(-c4c(F)cc(OC)cc4F)nn23)C[C@@H]1C. The van der Waals surface area contributed by atoms with Gasteiger partial charge in [0.1, 0.15) is 23.2 Å². The molecular formula is C29H32F2N6O3. The minimum Gasteiger partial charge on any atom is -0.497 e. The van der Waals surface area contributed by atoms with Crippen molar-refractivity contribution in [3.05, 3.63) is 77.5 Å². The average molecular weight is 551 g/mol. The summed E-state index contributed by atoms with van der Waals surface area (Å²) in [5.41, 5.74) is 9.28. The topological polar surface area (TPSA) is 108 Å². The monoisotopic (exact) mass is 550 g/mol. The fourth-order valence-corrected chi connectivity index (χ4v) is 6.02. The maximum atomic E-state index is 14.8. The van der Waals surface area contributed by atoms with Gasteiger partial charge in [0.25, 0.3) is 0 Å². The van der Waals surface area contributed by atoms with Gasteiger partial charge in [0.05, 0.1) is 43.2 Å². The Hall–Kier alpha value is -4.12. The lowest BCUT2D eigenvalue weighted by atomic mass is 9.72. The summed E-state index contributed by atoms with van der Waals surface area (Å²) in [4.78, 5) is 22.7. The van der Waals surface area contributed by atoms with Crippen LogP contribution in [0.3, 0.4) is 0 Å². The molecule has 9 nitrogen and oxygen atoms in total. The van der Waals surface area contributed by atoms with E-state index in [1.54, 1.807) is 41.0 Å². The van der Waals surface area contributed by atoms with E-state index < -0.39 is 17.7 Å². The number of hydrogen-bond donors (Lipinski definition) is 1. The Morgan fingerprint density at radius 2 is 1.90 bits per heavy atom. The van der Waals surface area contributed by atoms with Gasteiger partial charge in [0.15, 0.2) is 0 Å². The molecule has 3 aromatic heterocycles. The molecule has 0 saturated heterocycles. The summed E-state index contributed by atoms with van der Waals surface area (Å²) >= 11 is 0. The van der Waals surface area contributed by atoms with Gasteiger partial charge in [-0.1, -0.05) is 6.92 Å². The molecule has 0 unspecified atom stereocenters. The Morgan fingerprint density at radius 1 is 1.15 bits per heavy atom. The number of nitrogens with two attached hydrogens (primary N) is 1.